The van der Waals surface area contributed by atoms with Crippen LogP contribution in [0, 0.1) is 0 Å². The molecule has 0 aromatic carbocycles. The van der Waals surface area contributed by atoms with Crippen LogP contribution in [0.4, 0.5) is 0 Å². The molecule has 0 heterocycles. The molecule has 0 aromatic rings. The lowest BCUT2D eigenvalue weighted by Gasteiger charge is -2.14. The zero-order chi connectivity index (χ0) is 11.0. The van der Waals surface area contributed by atoms with Crippen molar-refractivity contribution in [2.45, 2.75) is 12.8 Å². The summed E-state index contributed by atoms with van der Waals surface area (Å²) in [6, 6.07) is 0. The Morgan fingerprint density at radius 2 is 1.44 bits per heavy atom. The first-order valence-electron chi connectivity index (χ1n) is 5.55. The Morgan fingerprint density at radius 3 is 2.12 bits per heavy atom. The van der Waals surface area contributed by atoms with Crippen LogP contribution in [0.15, 0.2) is 70.9 Å². The number of hydrogen-bond donors (Lipinski definition) is 0. The van der Waals surface area contributed by atoms with E-state index in [4.69, 9.17) is 0 Å². The normalized spacial score (nSPS) is 28.4. The second kappa shape index (κ2) is 3.60. The minimum atomic E-state index is 0.277. The van der Waals surface area contributed by atoms with Gasteiger partial charge in [-0.25, -0.2) is 0 Å². The molecule has 0 atom stereocenters. The van der Waals surface area contributed by atoms with E-state index in [2.05, 4.69) is 18.2 Å². The molecule has 0 bridgehead atoms. The lowest BCUT2D eigenvalue weighted by Crippen LogP contribution is -2.08. The monoisotopic (exact) mass is 208 g/mol. The first-order valence-corrected chi connectivity index (χ1v) is 5.55. The lowest BCUT2D eigenvalue weighted by atomic mass is 9.88. The fourth-order valence-corrected chi connectivity index (χ4v) is 2.36. The summed E-state index contributed by atoms with van der Waals surface area (Å²) in [5.41, 5.74) is 4.51. The first kappa shape index (κ1) is 9.34. The van der Waals surface area contributed by atoms with E-state index in [1.54, 1.807) is 0 Å². The Hall–Kier alpha value is -1.89. The molecule has 0 amide bonds. The van der Waals surface area contributed by atoms with Gasteiger partial charge in [-0.15, -0.1) is 0 Å². The first-order chi connectivity index (χ1) is 7.86. The fraction of sp³-hybridized carbons (Fsp3) is 0.133. The standard InChI is InChI=1S/C15H12O/c16-14-10-8-12-6-4-2-1-3-5-11-7-9-13(14)15(11)12/h1-8H,9-10H2/b2-1-,5-3-,6-4-. The molecule has 1 nitrogen and oxygen atoms in total. The van der Waals surface area contributed by atoms with Crippen molar-refractivity contribution >= 4 is 5.78 Å². The maximum atomic E-state index is 11.8. The lowest BCUT2D eigenvalue weighted by molar-refractivity contribution is -0.115. The largest absolute Gasteiger partial charge is 0.294 e. The van der Waals surface area contributed by atoms with Gasteiger partial charge in [0, 0.05) is 12.0 Å². The number of carbonyl (C=O) groups excluding carboxylic acids is 1. The summed E-state index contributed by atoms with van der Waals surface area (Å²) in [4.78, 5) is 11.8. The summed E-state index contributed by atoms with van der Waals surface area (Å²) in [5.74, 6) is 0.277. The van der Waals surface area contributed by atoms with Crippen molar-refractivity contribution in [1.29, 1.82) is 0 Å². The molecule has 1 heteroatoms. The van der Waals surface area contributed by atoms with E-state index in [1.165, 1.54) is 11.1 Å². The molecule has 78 valence electrons. The van der Waals surface area contributed by atoms with Crippen molar-refractivity contribution in [3.05, 3.63) is 70.9 Å². The van der Waals surface area contributed by atoms with Gasteiger partial charge >= 0.3 is 0 Å². The van der Waals surface area contributed by atoms with Crippen LogP contribution in [0.5, 0.6) is 0 Å². The van der Waals surface area contributed by atoms with E-state index in [-0.39, 0.29) is 5.78 Å². The molecule has 3 aliphatic carbocycles. The summed E-state index contributed by atoms with van der Waals surface area (Å²) in [6.45, 7) is 0. The summed E-state index contributed by atoms with van der Waals surface area (Å²) in [5, 5.41) is 0. The Balaban J connectivity index is 2.19. The fourth-order valence-electron chi connectivity index (χ4n) is 2.36. The van der Waals surface area contributed by atoms with Crippen LogP contribution in [0.25, 0.3) is 0 Å². The van der Waals surface area contributed by atoms with Crippen molar-refractivity contribution in [3.8, 4) is 0 Å². The highest BCUT2D eigenvalue weighted by Gasteiger charge is 2.25. The summed E-state index contributed by atoms with van der Waals surface area (Å²) < 4.78 is 0. The summed E-state index contributed by atoms with van der Waals surface area (Å²) in [7, 11) is 0. The number of rotatable bonds is 0. The molecule has 0 radical (unpaired) electrons. The van der Waals surface area contributed by atoms with E-state index in [0.29, 0.717) is 6.42 Å². The van der Waals surface area contributed by atoms with Crippen LogP contribution in [-0.4, -0.2) is 5.78 Å². The van der Waals surface area contributed by atoms with E-state index in [1.807, 2.05) is 30.4 Å². The second-order valence-electron chi connectivity index (χ2n) is 4.11. The predicted octanol–water partition coefficient (Wildman–Crippen LogP) is 3.19. The molecule has 0 saturated heterocycles. The molecule has 0 aromatic heterocycles. The second-order valence-corrected chi connectivity index (χ2v) is 4.11. The van der Waals surface area contributed by atoms with E-state index in [9.17, 15) is 4.79 Å². The molecule has 3 aliphatic rings. The number of carbonyl (C=O) groups is 1. The van der Waals surface area contributed by atoms with Crippen LogP contribution in [0.1, 0.15) is 12.8 Å². The molecular weight excluding hydrogens is 196 g/mol. The molecule has 0 spiro atoms. The Kier molecular flexibility index (Phi) is 2.10. The quantitative estimate of drug-likeness (QED) is 0.597. The van der Waals surface area contributed by atoms with Gasteiger partial charge in [-0.05, 0) is 23.1 Å². The average molecular weight is 208 g/mol. The molecule has 3 rings (SSSR count). The van der Waals surface area contributed by atoms with Crippen molar-refractivity contribution in [2.75, 3.05) is 0 Å². The van der Waals surface area contributed by atoms with Gasteiger partial charge in [0.2, 0.25) is 0 Å². The molecule has 0 N–H and O–H groups in total. The third-order valence-corrected chi connectivity index (χ3v) is 3.13. The maximum Gasteiger partial charge on any atom is 0.163 e. The zero-order valence-corrected chi connectivity index (χ0v) is 8.94. The topological polar surface area (TPSA) is 17.1 Å². The Labute approximate surface area is 94.9 Å². The number of Topliss-reactive ketones (excluding diaryl/α,β-unsaturated/α-hetero) is 1. The highest BCUT2D eigenvalue weighted by atomic mass is 16.1. The highest BCUT2D eigenvalue weighted by molar-refractivity contribution is 6.02. The van der Waals surface area contributed by atoms with Crippen molar-refractivity contribution in [1.82, 2.24) is 0 Å². The Bertz CT molecular complexity index is 534. The third kappa shape index (κ3) is 1.36. The zero-order valence-electron chi connectivity index (χ0n) is 8.94. The van der Waals surface area contributed by atoms with Crippen molar-refractivity contribution < 1.29 is 4.79 Å². The van der Waals surface area contributed by atoms with Crippen LogP contribution < -0.4 is 0 Å². The van der Waals surface area contributed by atoms with Gasteiger partial charge in [0.15, 0.2) is 5.78 Å². The van der Waals surface area contributed by atoms with Crippen LogP contribution in [0.2, 0.25) is 0 Å². The molecule has 0 unspecified atom stereocenters. The van der Waals surface area contributed by atoms with Gasteiger partial charge in [0.1, 0.15) is 0 Å². The van der Waals surface area contributed by atoms with Gasteiger partial charge < -0.3 is 0 Å². The van der Waals surface area contributed by atoms with Gasteiger partial charge in [-0.1, -0.05) is 48.6 Å². The summed E-state index contributed by atoms with van der Waals surface area (Å²) in [6.07, 6.45) is 17.8. The van der Waals surface area contributed by atoms with Gasteiger partial charge in [0.05, 0.1) is 0 Å². The summed E-state index contributed by atoms with van der Waals surface area (Å²) >= 11 is 0. The third-order valence-electron chi connectivity index (χ3n) is 3.13. The minimum Gasteiger partial charge on any atom is -0.294 e. The highest BCUT2D eigenvalue weighted by Crippen LogP contribution is 2.37. The van der Waals surface area contributed by atoms with Crippen molar-refractivity contribution in [3.63, 3.8) is 0 Å². The number of allylic oxidation sites excluding steroid dienone is 12. The van der Waals surface area contributed by atoms with Crippen LogP contribution >= 0.6 is 0 Å². The predicted molar refractivity (Wildman–Crippen MR) is 64.9 cm³/mol. The number of hydrogen-bond acceptors (Lipinski definition) is 1. The minimum absolute atomic E-state index is 0.277. The van der Waals surface area contributed by atoms with E-state index >= 15 is 0 Å². The van der Waals surface area contributed by atoms with Crippen LogP contribution in [-0.2, 0) is 4.79 Å². The number of ketones is 1. The van der Waals surface area contributed by atoms with E-state index < -0.39 is 0 Å². The van der Waals surface area contributed by atoms with Gasteiger partial charge in [-0.2, -0.15) is 0 Å². The Morgan fingerprint density at radius 1 is 0.812 bits per heavy atom. The molecular formula is C15H12O. The molecule has 0 fully saturated rings. The van der Waals surface area contributed by atoms with Crippen molar-refractivity contribution in [2.24, 2.45) is 0 Å². The molecule has 0 aliphatic heterocycles. The van der Waals surface area contributed by atoms with Gasteiger partial charge in [0.25, 0.3) is 0 Å². The molecule has 16 heavy (non-hydrogen) atoms. The van der Waals surface area contributed by atoms with Crippen LogP contribution in [0.3, 0.4) is 0 Å². The van der Waals surface area contributed by atoms with E-state index in [0.717, 1.165) is 17.6 Å². The van der Waals surface area contributed by atoms with Gasteiger partial charge in [-0.3, -0.25) is 4.79 Å². The smallest absolute Gasteiger partial charge is 0.163 e. The SMILES string of the molecule is O=C1CC=C2\C=C/C=C\C=C/C3=CCC1=C23. The average Bonchev–Trinajstić information content (AvgIpc) is 2.72. The maximum absolute atomic E-state index is 11.8. The molecule has 0 saturated carbocycles.